The van der Waals surface area contributed by atoms with Crippen molar-refractivity contribution in [3.8, 4) is 0 Å². The van der Waals surface area contributed by atoms with Gasteiger partial charge in [-0.1, -0.05) is 140 Å². The van der Waals surface area contributed by atoms with Gasteiger partial charge in [0.15, 0.2) is 0 Å². The first-order valence-electron chi connectivity index (χ1n) is 19.4. The third-order valence-electron chi connectivity index (χ3n) is 8.29. The van der Waals surface area contributed by atoms with E-state index >= 15 is 0 Å². The predicted molar refractivity (Wildman–Crippen MR) is 198 cm³/mol. The van der Waals surface area contributed by atoms with Crippen LogP contribution in [-0.2, 0) is 4.74 Å². The molecule has 0 aliphatic heterocycles. The summed E-state index contributed by atoms with van der Waals surface area (Å²) in [5.74, 6) is 0. The van der Waals surface area contributed by atoms with Crippen molar-refractivity contribution < 1.29 is 14.6 Å². The van der Waals surface area contributed by atoms with Gasteiger partial charge in [0.25, 0.3) is 0 Å². The van der Waals surface area contributed by atoms with Gasteiger partial charge < -0.3 is 14.7 Å². The molecule has 1 N–H and O–H groups in total. The van der Waals surface area contributed by atoms with Gasteiger partial charge >= 0.3 is 6.09 Å². The molecule has 0 aromatic carbocycles. The number of hydrogen-bond donors (Lipinski definition) is 1. The molecule has 0 radical (unpaired) electrons. The largest absolute Gasteiger partial charge is 0.449 e. The third kappa shape index (κ3) is 34.9. The standard InChI is InChI=1S/C41H75NO3/c1-3-5-7-9-11-13-15-17-19-21-23-25-27-29-31-33-37-42(41(44)45-40-36-35-39-43)38-34-32-30-28-26-24-22-20-18-16-14-12-10-8-6-4-2/h11-14,17-20,43H,3-10,15-16,21-40H2,1-2H3/b13-11-,14-12-,19-17-,20-18-. The molecule has 4 heteroatoms. The van der Waals surface area contributed by atoms with Gasteiger partial charge in [-0.15, -0.1) is 0 Å². The van der Waals surface area contributed by atoms with Crippen LogP contribution in [0, 0.1) is 0 Å². The Morgan fingerprint density at radius 3 is 1.27 bits per heavy atom. The molecule has 0 saturated carbocycles. The number of carbonyl (C=O) groups is 1. The molecule has 0 unspecified atom stereocenters. The summed E-state index contributed by atoms with van der Waals surface area (Å²) in [4.78, 5) is 14.6. The molecule has 1 amide bonds. The zero-order valence-electron chi connectivity index (χ0n) is 30.0. The highest BCUT2D eigenvalue weighted by Crippen LogP contribution is 2.12. The zero-order chi connectivity index (χ0) is 32.7. The summed E-state index contributed by atoms with van der Waals surface area (Å²) in [5.41, 5.74) is 0. The molecule has 45 heavy (non-hydrogen) atoms. The number of nitrogens with zero attached hydrogens (tertiary/aromatic N) is 1. The zero-order valence-corrected chi connectivity index (χ0v) is 30.0. The molecule has 0 aromatic rings. The molecule has 262 valence electrons. The van der Waals surface area contributed by atoms with Gasteiger partial charge in [0, 0.05) is 19.7 Å². The second-order valence-electron chi connectivity index (χ2n) is 12.7. The van der Waals surface area contributed by atoms with E-state index in [0.29, 0.717) is 13.0 Å². The van der Waals surface area contributed by atoms with Crippen molar-refractivity contribution in [3.05, 3.63) is 48.6 Å². The van der Waals surface area contributed by atoms with E-state index in [1.165, 1.54) is 128 Å². The lowest BCUT2D eigenvalue weighted by atomic mass is 10.1. The van der Waals surface area contributed by atoms with Crippen molar-refractivity contribution in [2.75, 3.05) is 26.3 Å². The fraction of sp³-hybridized carbons (Fsp3) is 0.780. The quantitative estimate of drug-likeness (QED) is 0.0569. The Balaban J connectivity index is 3.96. The van der Waals surface area contributed by atoms with E-state index in [1.807, 2.05) is 4.90 Å². The van der Waals surface area contributed by atoms with Crippen LogP contribution >= 0.6 is 0 Å². The van der Waals surface area contributed by atoms with Crippen molar-refractivity contribution in [1.82, 2.24) is 4.90 Å². The maximum absolute atomic E-state index is 12.7. The number of unbranched alkanes of at least 4 members (excludes halogenated alkanes) is 19. The average Bonchev–Trinajstić information content (AvgIpc) is 3.05. The minimum absolute atomic E-state index is 0.154. The summed E-state index contributed by atoms with van der Waals surface area (Å²) in [5, 5.41) is 9.00. The molecule has 0 saturated heterocycles. The Labute approximate surface area is 280 Å². The highest BCUT2D eigenvalue weighted by Gasteiger charge is 2.14. The van der Waals surface area contributed by atoms with Crippen molar-refractivity contribution in [3.63, 3.8) is 0 Å². The SMILES string of the molecule is CCCCC/C=C\C/C=C\CCCCCCCCN(CCCCCCCC/C=C\C/C=C\CCCCC)C(=O)OCCCCO. The topological polar surface area (TPSA) is 49.8 Å². The third-order valence-corrected chi connectivity index (χ3v) is 8.29. The number of aliphatic hydroxyl groups excluding tert-OH is 1. The van der Waals surface area contributed by atoms with E-state index in [4.69, 9.17) is 9.84 Å². The highest BCUT2D eigenvalue weighted by atomic mass is 16.6. The lowest BCUT2D eigenvalue weighted by Gasteiger charge is -2.22. The van der Waals surface area contributed by atoms with Crippen LogP contribution in [0.15, 0.2) is 48.6 Å². The lowest BCUT2D eigenvalue weighted by molar-refractivity contribution is 0.0974. The Bertz CT molecular complexity index is 664. The van der Waals surface area contributed by atoms with Crippen LogP contribution in [-0.4, -0.2) is 42.4 Å². The second-order valence-corrected chi connectivity index (χ2v) is 12.7. The fourth-order valence-corrected chi connectivity index (χ4v) is 5.34. The van der Waals surface area contributed by atoms with Crippen molar-refractivity contribution in [2.45, 2.75) is 181 Å². The minimum atomic E-state index is -0.168. The summed E-state index contributed by atoms with van der Waals surface area (Å²) in [6.07, 6.45) is 49.3. The molecule has 0 atom stereocenters. The Kier molecular flexibility index (Phi) is 36.8. The second kappa shape index (κ2) is 38.4. The van der Waals surface area contributed by atoms with Gasteiger partial charge in [0.1, 0.15) is 0 Å². The molecule has 0 rings (SSSR count). The van der Waals surface area contributed by atoms with Crippen LogP contribution in [0.2, 0.25) is 0 Å². The minimum Gasteiger partial charge on any atom is -0.449 e. The van der Waals surface area contributed by atoms with E-state index < -0.39 is 0 Å². The molecule has 0 aliphatic rings. The van der Waals surface area contributed by atoms with Crippen LogP contribution in [0.1, 0.15) is 181 Å². The summed E-state index contributed by atoms with van der Waals surface area (Å²) < 4.78 is 5.52. The molecule has 0 aliphatic carbocycles. The van der Waals surface area contributed by atoms with Gasteiger partial charge in [0.2, 0.25) is 0 Å². The van der Waals surface area contributed by atoms with Crippen LogP contribution in [0.3, 0.4) is 0 Å². The van der Waals surface area contributed by atoms with E-state index in [2.05, 4.69) is 62.5 Å². The smallest absolute Gasteiger partial charge is 0.409 e. The number of allylic oxidation sites excluding steroid dienone is 8. The molecule has 0 spiro atoms. The van der Waals surface area contributed by atoms with E-state index in [1.54, 1.807) is 0 Å². The Hall–Kier alpha value is -1.81. The number of aliphatic hydroxyl groups is 1. The van der Waals surface area contributed by atoms with Gasteiger partial charge in [-0.3, -0.25) is 0 Å². The van der Waals surface area contributed by atoms with E-state index in [-0.39, 0.29) is 12.7 Å². The number of ether oxygens (including phenoxy) is 1. The number of carbonyl (C=O) groups excluding carboxylic acids is 1. The van der Waals surface area contributed by atoms with Gasteiger partial charge in [0.05, 0.1) is 6.61 Å². The number of hydrogen-bond acceptors (Lipinski definition) is 3. The number of amides is 1. The van der Waals surface area contributed by atoms with Crippen LogP contribution < -0.4 is 0 Å². The maximum atomic E-state index is 12.7. The van der Waals surface area contributed by atoms with Gasteiger partial charge in [-0.2, -0.15) is 0 Å². The predicted octanol–water partition coefficient (Wildman–Crippen LogP) is 12.8. The molecular formula is C41H75NO3. The Morgan fingerprint density at radius 1 is 0.489 bits per heavy atom. The van der Waals surface area contributed by atoms with Crippen molar-refractivity contribution in [1.29, 1.82) is 0 Å². The summed E-state index contributed by atoms with van der Waals surface area (Å²) in [6.45, 7) is 6.67. The highest BCUT2D eigenvalue weighted by molar-refractivity contribution is 5.67. The summed E-state index contributed by atoms with van der Waals surface area (Å²) >= 11 is 0. The van der Waals surface area contributed by atoms with Crippen molar-refractivity contribution in [2.24, 2.45) is 0 Å². The molecule has 0 fully saturated rings. The van der Waals surface area contributed by atoms with Gasteiger partial charge in [-0.25, -0.2) is 4.79 Å². The molecule has 4 nitrogen and oxygen atoms in total. The average molecular weight is 630 g/mol. The van der Waals surface area contributed by atoms with E-state index in [0.717, 1.165) is 45.2 Å². The van der Waals surface area contributed by atoms with Gasteiger partial charge in [-0.05, 0) is 89.9 Å². The fourth-order valence-electron chi connectivity index (χ4n) is 5.34. The summed E-state index contributed by atoms with van der Waals surface area (Å²) in [6, 6.07) is 0. The van der Waals surface area contributed by atoms with Crippen LogP contribution in [0.4, 0.5) is 4.79 Å². The molecule has 0 bridgehead atoms. The monoisotopic (exact) mass is 630 g/mol. The van der Waals surface area contributed by atoms with Crippen LogP contribution in [0.25, 0.3) is 0 Å². The number of rotatable bonds is 34. The Morgan fingerprint density at radius 2 is 0.867 bits per heavy atom. The van der Waals surface area contributed by atoms with E-state index in [9.17, 15) is 4.79 Å². The normalized spacial score (nSPS) is 12.1. The molecular weight excluding hydrogens is 554 g/mol. The first-order chi connectivity index (χ1) is 22.3. The first kappa shape index (κ1) is 43.2. The maximum Gasteiger partial charge on any atom is 0.409 e. The molecule has 0 heterocycles. The lowest BCUT2D eigenvalue weighted by Crippen LogP contribution is -2.33. The summed E-state index contributed by atoms with van der Waals surface area (Å²) in [7, 11) is 0. The first-order valence-corrected chi connectivity index (χ1v) is 19.4. The van der Waals surface area contributed by atoms with Crippen LogP contribution in [0.5, 0.6) is 0 Å². The molecule has 0 aromatic heterocycles. The van der Waals surface area contributed by atoms with Crippen molar-refractivity contribution >= 4 is 6.09 Å².